The number of rotatable bonds is 8. The zero-order chi connectivity index (χ0) is 22.3. The smallest absolute Gasteiger partial charge is 0.416 e. The molecule has 0 bridgehead atoms. The van der Waals surface area contributed by atoms with Crippen LogP contribution in [0.1, 0.15) is 18.1 Å². The van der Waals surface area contributed by atoms with Gasteiger partial charge in [-0.15, -0.1) is 0 Å². The number of nitrogens with zero attached hydrogens (tertiary/aromatic N) is 1. The van der Waals surface area contributed by atoms with Gasteiger partial charge in [0.25, 0.3) is 5.91 Å². The van der Waals surface area contributed by atoms with E-state index >= 15 is 0 Å². The monoisotopic (exact) mass is 425 g/mol. The van der Waals surface area contributed by atoms with Crippen molar-refractivity contribution in [3.8, 4) is 17.2 Å². The zero-order valence-electron chi connectivity index (χ0n) is 16.9. The first-order valence-electron chi connectivity index (χ1n) is 8.74. The zero-order valence-corrected chi connectivity index (χ0v) is 16.9. The van der Waals surface area contributed by atoms with Crippen LogP contribution in [0.5, 0.6) is 17.2 Å². The molecule has 162 valence electrons. The predicted octanol–water partition coefficient (Wildman–Crippen LogP) is 3.68. The molecule has 2 N–H and O–H groups in total. The minimum Gasteiger partial charge on any atom is -0.493 e. The SMILES string of the molecule is COc1cc(C(C)=NNC(=O)CNc2cccc(C(F)(F)F)c2)cc(OC)c1OC. The minimum atomic E-state index is -4.46. The molecule has 0 heterocycles. The first kappa shape index (κ1) is 22.9. The quantitative estimate of drug-likeness (QED) is 0.498. The maximum atomic E-state index is 12.7. The summed E-state index contributed by atoms with van der Waals surface area (Å²) < 4.78 is 54.0. The molecule has 2 rings (SSSR count). The standard InChI is InChI=1S/C20H22F3N3O4/c1-12(13-8-16(28-2)19(30-4)17(9-13)29-3)25-26-18(27)11-24-15-7-5-6-14(10-15)20(21,22)23/h5-10,24H,11H2,1-4H3,(H,26,27). The van der Waals surface area contributed by atoms with Gasteiger partial charge in [0.05, 0.1) is 39.1 Å². The average molecular weight is 425 g/mol. The third-order valence-electron chi connectivity index (χ3n) is 4.07. The highest BCUT2D eigenvalue weighted by Crippen LogP contribution is 2.38. The van der Waals surface area contributed by atoms with E-state index in [9.17, 15) is 18.0 Å². The molecule has 0 fully saturated rings. The Kier molecular flexibility index (Phi) is 7.51. The molecule has 2 aromatic carbocycles. The predicted molar refractivity (Wildman–Crippen MR) is 106 cm³/mol. The molecule has 0 spiro atoms. The summed E-state index contributed by atoms with van der Waals surface area (Å²) in [6, 6.07) is 7.93. The fourth-order valence-corrected chi connectivity index (χ4v) is 2.53. The molecule has 0 aliphatic carbocycles. The number of benzene rings is 2. The van der Waals surface area contributed by atoms with Crippen molar-refractivity contribution in [2.24, 2.45) is 5.10 Å². The number of hydrazone groups is 1. The van der Waals surface area contributed by atoms with Gasteiger partial charge in [-0.25, -0.2) is 5.43 Å². The Morgan fingerprint density at radius 2 is 1.67 bits per heavy atom. The fraction of sp³-hybridized carbons (Fsp3) is 0.300. The second-order valence-electron chi connectivity index (χ2n) is 6.08. The maximum Gasteiger partial charge on any atom is 0.416 e. The number of carbonyl (C=O) groups excluding carboxylic acids is 1. The first-order valence-corrected chi connectivity index (χ1v) is 8.74. The Morgan fingerprint density at radius 3 is 2.20 bits per heavy atom. The average Bonchev–Trinajstić information content (AvgIpc) is 2.74. The molecule has 1 amide bonds. The fourth-order valence-electron chi connectivity index (χ4n) is 2.53. The summed E-state index contributed by atoms with van der Waals surface area (Å²) in [5, 5.41) is 6.65. The highest BCUT2D eigenvalue weighted by atomic mass is 19.4. The number of methoxy groups -OCH3 is 3. The largest absolute Gasteiger partial charge is 0.493 e. The van der Waals surface area contributed by atoms with Crippen LogP contribution in [0.3, 0.4) is 0 Å². The second kappa shape index (κ2) is 9.86. The van der Waals surface area contributed by atoms with Crippen LogP contribution in [0.15, 0.2) is 41.5 Å². The molecule has 10 heteroatoms. The summed E-state index contributed by atoms with van der Waals surface area (Å²) in [6.07, 6.45) is -4.46. The minimum absolute atomic E-state index is 0.172. The lowest BCUT2D eigenvalue weighted by molar-refractivity contribution is -0.137. The lowest BCUT2D eigenvalue weighted by atomic mass is 10.1. The van der Waals surface area contributed by atoms with Gasteiger partial charge in [0, 0.05) is 11.3 Å². The Balaban J connectivity index is 2.05. The normalized spacial score (nSPS) is 11.6. The number of nitrogens with one attached hydrogen (secondary N) is 2. The molecule has 0 aliphatic heterocycles. The molecule has 0 saturated carbocycles. The van der Waals surface area contributed by atoms with E-state index in [4.69, 9.17) is 14.2 Å². The molecule has 7 nitrogen and oxygen atoms in total. The van der Waals surface area contributed by atoms with E-state index in [1.54, 1.807) is 19.1 Å². The summed E-state index contributed by atoms with van der Waals surface area (Å²) in [5.41, 5.74) is 2.80. The van der Waals surface area contributed by atoms with Crippen LogP contribution in [0.4, 0.5) is 18.9 Å². The Hall–Kier alpha value is -3.43. The summed E-state index contributed by atoms with van der Waals surface area (Å²) in [5.74, 6) is 0.753. The Bertz CT molecular complexity index is 905. The van der Waals surface area contributed by atoms with E-state index in [1.165, 1.54) is 33.5 Å². The van der Waals surface area contributed by atoms with Crippen LogP contribution in [0.2, 0.25) is 0 Å². The topological polar surface area (TPSA) is 81.2 Å². The molecular formula is C20H22F3N3O4. The summed E-state index contributed by atoms with van der Waals surface area (Å²) in [4.78, 5) is 12.0. The summed E-state index contributed by atoms with van der Waals surface area (Å²) in [6.45, 7) is 1.41. The van der Waals surface area contributed by atoms with Crippen LogP contribution in [-0.2, 0) is 11.0 Å². The van der Waals surface area contributed by atoms with Gasteiger partial charge in [-0.05, 0) is 37.3 Å². The Labute approximate surface area is 171 Å². The maximum absolute atomic E-state index is 12.7. The van der Waals surface area contributed by atoms with Gasteiger partial charge in [-0.3, -0.25) is 4.79 Å². The number of amides is 1. The highest BCUT2D eigenvalue weighted by Gasteiger charge is 2.30. The number of hydrogen-bond acceptors (Lipinski definition) is 6. The van der Waals surface area contributed by atoms with Crippen LogP contribution >= 0.6 is 0 Å². The van der Waals surface area contributed by atoms with Gasteiger partial charge in [0.2, 0.25) is 5.75 Å². The van der Waals surface area contributed by atoms with E-state index in [0.717, 1.165) is 12.1 Å². The van der Waals surface area contributed by atoms with Crippen molar-refractivity contribution >= 4 is 17.3 Å². The lowest BCUT2D eigenvalue weighted by Crippen LogP contribution is -2.26. The molecular weight excluding hydrogens is 403 g/mol. The molecule has 0 atom stereocenters. The van der Waals surface area contributed by atoms with Gasteiger partial charge in [-0.2, -0.15) is 18.3 Å². The van der Waals surface area contributed by atoms with E-state index in [0.29, 0.717) is 28.5 Å². The van der Waals surface area contributed by atoms with Crippen molar-refractivity contribution in [1.29, 1.82) is 0 Å². The number of carbonyl (C=O) groups is 1. The highest BCUT2D eigenvalue weighted by molar-refractivity contribution is 6.00. The van der Waals surface area contributed by atoms with Crippen molar-refractivity contribution in [1.82, 2.24) is 5.43 Å². The van der Waals surface area contributed by atoms with Crippen molar-refractivity contribution in [2.45, 2.75) is 13.1 Å². The number of hydrogen-bond donors (Lipinski definition) is 2. The lowest BCUT2D eigenvalue weighted by Gasteiger charge is -2.14. The van der Waals surface area contributed by atoms with Gasteiger partial charge in [-0.1, -0.05) is 6.07 Å². The van der Waals surface area contributed by atoms with Gasteiger partial charge < -0.3 is 19.5 Å². The molecule has 2 aromatic rings. The van der Waals surface area contributed by atoms with Gasteiger partial charge in [0.15, 0.2) is 11.5 Å². The third-order valence-corrected chi connectivity index (χ3v) is 4.07. The van der Waals surface area contributed by atoms with E-state index in [2.05, 4.69) is 15.8 Å². The molecule has 0 aromatic heterocycles. The van der Waals surface area contributed by atoms with Gasteiger partial charge >= 0.3 is 6.18 Å². The van der Waals surface area contributed by atoms with Crippen molar-refractivity contribution in [2.75, 3.05) is 33.2 Å². The number of anilines is 1. The molecule has 30 heavy (non-hydrogen) atoms. The van der Waals surface area contributed by atoms with E-state index in [-0.39, 0.29) is 12.2 Å². The molecule has 0 unspecified atom stereocenters. The van der Waals surface area contributed by atoms with Crippen LogP contribution < -0.4 is 25.0 Å². The second-order valence-corrected chi connectivity index (χ2v) is 6.08. The van der Waals surface area contributed by atoms with Crippen molar-refractivity contribution < 1.29 is 32.2 Å². The van der Waals surface area contributed by atoms with Crippen LogP contribution in [0.25, 0.3) is 0 Å². The van der Waals surface area contributed by atoms with Crippen molar-refractivity contribution in [3.05, 3.63) is 47.5 Å². The molecule has 0 saturated heterocycles. The third kappa shape index (κ3) is 5.79. The first-order chi connectivity index (χ1) is 14.2. The Morgan fingerprint density at radius 1 is 1.03 bits per heavy atom. The number of halogens is 3. The molecule has 0 radical (unpaired) electrons. The van der Waals surface area contributed by atoms with E-state index < -0.39 is 17.6 Å². The van der Waals surface area contributed by atoms with Crippen LogP contribution in [0, 0.1) is 0 Å². The number of alkyl halides is 3. The van der Waals surface area contributed by atoms with E-state index in [1.807, 2.05) is 0 Å². The molecule has 0 aliphatic rings. The van der Waals surface area contributed by atoms with Gasteiger partial charge in [0.1, 0.15) is 0 Å². The van der Waals surface area contributed by atoms with Crippen molar-refractivity contribution in [3.63, 3.8) is 0 Å². The summed E-state index contributed by atoms with van der Waals surface area (Å²) >= 11 is 0. The summed E-state index contributed by atoms with van der Waals surface area (Å²) in [7, 11) is 4.45. The number of ether oxygens (including phenoxy) is 3. The van der Waals surface area contributed by atoms with Crippen LogP contribution in [-0.4, -0.2) is 39.5 Å².